The highest BCUT2D eigenvalue weighted by molar-refractivity contribution is 7.99. The van der Waals surface area contributed by atoms with Crippen LogP contribution < -0.4 is 0 Å². The normalized spacial score (nSPS) is 13.5. The number of hydrogen-bond donors (Lipinski definition) is 2. The number of aromatic carboxylic acids is 1. The van der Waals surface area contributed by atoms with Crippen molar-refractivity contribution in [2.24, 2.45) is 5.92 Å². The standard InChI is InChI=1S/C15H13N3O2S/c19-15(20)13-14(17-18-16-13)21-12-8-6-11(7-9-12)3-1-2-10-4-5-10/h6-10H,2,4-5H2,(H,19,20)(H,16,17,18). The Morgan fingerprint density at radius 2 is 2.14 bits per heavy atom. The number of nitrogens with zero attached hydrogens (tertiary/aromatic N) is 2. The number of rotatable bonds is 4. The van der Waals surface area contributed by atoms with Gasteiger partial charge in [-0.3, -0.25) is 5.10 Å². The lowest BCUT2D eigenvalue weighted by Gasteiger charge is -1.99. The lowest BCUT2D eigenvalue weighted by molar-refractivity contribution is 0.0686. The first-order chi connectivity index (χ1) is 10.2. The number of carboxylic acids is 1. The van der Waals surface area contributed by atoms with Gasteiger partial charge in [-0.2, -0.15) is 0 Å². The van der Waals surface area contributed by atoms with Crippen molar-refractivity contribution in [2.75, 3.05) is 0 Å². The van der Waals surface area contributed by atoms with Gasteiger partial charge < -0.3 is 5.11 Å². The number of hydrogen-bond acceptors (Lipinski definition) is 4. The van der Waals surface area contributed by atoms with Crippen molar-refractivity contribution >= 4 is 17.7 Å². The van der Waals surface area contributed by atoms with E-state index in [-0.39, 0.29) is 5.69 Å². The van der Waals surface area contributed by atoms with E-state index in [1.807, 2.05) is 24.3 Å². The molecular formula is C15H13N3O2S. The van der Waals surface area contributed by atoms with Crippen molar-refractivity contribution in [1.82, 2.24) is 15.4 Å². The van der Waals surface area contributed by atoms with Crippen LogP contribution in [0, 0.1) is 17.8 Å². The Bertz CT molecular complexity index is 709. The third kappa shape index (κ3) is 3.64. The summed E-state index contributed by atoms with van der Waals surface area (Å²) in [4.78, 5) is 11.9. The highest BCUT2D eigenvalue weighted by Crippen LogP contribution is 2.31. The SMILES string of the molecule is O=C(O)c1nn[nH]c1Sc1ccc(C#CCC2CC2)cc1. The zero-order chi connectivity index (χ0) is 14.7. The zero-order valence-electron chi connectivity index (χ0n) is 11.2. The van der Waals surface area contributed by atoms with Crippen LogP contribution >= 0.6 is 11.8 Å². The summed E-state index contributed by atoms with van der Waals surface area (Å²) in [7, 11) is 0. The second-order valence-corrected chi connectivity index (χ2v) is 5.95. The molecule has 1 fully saturated rings. The molecule has 5 nitrogen and oxygen atoms in total. The summed E-state index contributed by atoms with van der Waals surface area (Å²) in [5, 5.41) is 19.1. The molecular weight excluding hydrogens is 286 g/mol. The summed E-state index contributed by atoms with van der Waals surface area (Å²) in [5.74, 6) is 6.06. The van der Waals surface area contributed by atoms with E-state index in [1.165, 1.54) is 24.6 Å². The first kappa shape index (κ1) is 13.7. The molecule has 106 valence electrons. The Kier molecular flexibility index (Phi) is 3.93. The second kappa shape index (κ2) is 6.02. The van der Waals surface area contributed by atoms with Crippen molar-refractivity contribution < 1.29 is 9.90 Å². The molecule has 1 saturated carbocycles. The highest BCUT2D eigenvalue weighted by atomic mass is 32.2. The van der Waals surface area contributed by atoms with Gasteiger partial charge in [-0.1, -0.05) is 28.8 Å². The molecule has 1 aliphatic carbocycles. The smallest absolute Gasteiger partial charge is 0.359 e. The van der Waals surface area contributed by atoms with E-state index >= 15 is 0 Å². The van der Waals surface area contributed by atoms with Gasteiger partial charge in [0.25, 0.3) is 0 Å². The topological polar surface area (TPSA) is 78.9 Å². The van der Waals surface area contributed by atoms with Crippen LogP contribution in [0.25, 0.3) is 0 Å². The van der Waals surface area contributed by atoms with Crippen molar-refractivity contribution in [3.63, 3.8) is 0 Å². The maximum absolute atomic E-state index is 11.0. The van der Waals surface area contributed by atoms with Crippen LogP contribution in [0.3, 0.4) is 0 Å². The predicted octanol–water partition coefficient (Wildman–Crippen LogP) is 2.81. The van der Waals surface area contributed by atoms with Gasteiger partial charge in [0.05, 0.1) is 0 Å². The van der Waals surface area contributed by atoms with E-state index in [2.05, 4.69) is 27.3 Å². The molecule has 0 bridgehead atoms. The van der Waals surface area contributed by atoms with Gasteiger partial charge in [-0.15, -0.1) is 5.10 Å². The lowest BCUT2D eigenvalue weighted by atomic mass is 10.2. The van der Waals surface area contributed by atoms with Crippen LogP contribution in [0.5, 0.6) is 0 Å². The van der Waals surface area contributed by atoms with Crippen LogP contribution in [-0.2, 0) is 0 Å². The van der Waals surface area contributed by atoms with Crippen LogP contribution in [0.1, 0.15) is 35.3 Å². The van der Waals surface area contributed by atoms with Gasteiger partial charge in [-0.25, -0.2) is 4.79 Å². The molecule has 6 heteroatoms. The molecule has 2 N–H and O–H groups in total. The summed E-state index contributed by atoms with van der Waals surface area (Å²) in [6.45, 7) is 0. The van der Waals surface area contributed by atoms with Crippen LogP contribution in [0.15, 0.2) is 34.2 Å². The van der Waals surface area contributed by atoms with E-state index in [1.54, 1.807) is 0 Å². The largest absolute Gasteiger partial charge is 0.476 e. The Labute approximate surface area is 126 Å². The molecule has 1 aromatic heterocycles. The third-order valence-electron chi connectivity index (χ3n) is 3.11. The average molecular weight is 299 g/mol. The minimum atomic E-state index is -1.09. The van der Waals surface area contributed by atoms with Gasteiger partial charge in [0.2, 0.25) is 5.69 Å². The molecule has 1 aromatic carbocycles. The third-order valence-corrected chi connectivity index (χ3v) is 4.11. The quantitative estimate of drug-likeness (QED) is 0.849. The molecule has 0 radical (unpaired) electrons. The maximum Gasteiger partial charge on any atom is 0.359 e. The highest BCUT2D eigenvalue weighted by Gasteiger charge is 2.19. The molecule has 0 spiro atoms. The Morgan fingerprint density at radius 1 is 1.38 bits per heavy atom. The lowest BCUT2D eigenvalue weighted by Crippen LogP contribution is -1.98. The van der Waals surface area contributed by atoms with Crippen LogP contribution in [0.4, 0.5) is 0 Å². The number of aromatic amines is 1. The minimum Gasteiger partial charge on any atom is -0.476 e. The van der Waals surface area contributed by atoms with Crippen LogP contribution in [-0.4, -0.2) is 26.5 Å². The summed E-state index contributed by atoms with van der Waals surface area (Å²) in [6, 6.07) is 7.70. The molecule has 0 atom stereocenters. The van der Waals surface area contributed by atoms with Gasteiger partial charge >= 0.3 is 5.97 Å². The number of carboxylic acid groups (broad SMARTS) is 1. The van der Waals surface area contributed by atoms with E-state index in [4.69, 9.17) is 5.11 Å². The predicted molar refractivity (Wildman–Crippen MR) is 78.1 cm³/mol. The Balaban J connectivity index is 1.67. The summed E-state index contributed by atoms with van der Waals surface area (Å²) < 4.78 is 0. The fourth-order valence-corrected chi connectivity index (χ4v) is 2.59. The van der Waals surface area contributed by atoms with E-state index in [0.717, 1.165) is 22.8 Å². The summed E-state index contributed by atoms with van der Waals surface area (Å²) in [5.41, 5.74) is 0.912. The second-order valence-electron chi connectivity index (χ2n) is 4.87. The molecule has 0 saturated heterocycles. The average Bonchev–Trinajstić information content (AvgIpc) is 3.17. The summed E-state index contributed by atoms with van der Waals surface area (Å²) >= 11 is 1.29. The Morgan fingerprint density at radius 3 is 2.81 bits per heavy atom. The van der Waals surface area contributed by atoms with Gasteiger partial charge in [0.1, 0.15) is 5.03 Å². The van der Waals surface area contributed by atoms with Crippen molar-refractivity contribution in [3.05, 3.63) is 35.5 Å². The fraction of sp³-hybridized carbons (Fsp3) is 0.267. The number of carbonyl (C=O) groups is 1. The van der Waals surface area contributed by atoms with Gasteiger partial charge in [0.15, 0.2) is 0 Å². The van der Waals surface area contributed by atoms with Crippen molar-refractivity contribution in [1.29, 1.82) is 0 Å². The first-order valence-corrected chi connectivity index (χ1v) is 7.45. The molecule has 1 aliphatic rings. The molecule has 1 heterocycles. The van der Waals surface area contributed by atoms with Crippen molar-refractivity contribution in [2.45, 2.75) is 29.2 Å². The maximum atomic E-state index is 11.0. The molecule has 0 amide bonds. The minimum absolute atomic E-state index is 0.0618. The van der Waals surface area contributed by atoms with Crippen molar-refractivity contribution in [3.8, 4) is 11.8 Å². The van der Waals surface area contributed by atoms with E-state index in [0.29, 0.717) is 5.03 Å². The molecule has 0 aliphatic heterocycles. The summed E-state index contributed by atoms with van der Waals surface area (Å²) in [6.07, 6.45) is 3.61. The number of benzene rings is 1. The Hall–Kier alpha value is -2.26. The number of nitrogens with one attached hydrogen (secondary N) is 1. The molecule has 0 unspecified atom stereocenters. The first-order valence-electron chi connectivity index (χ1n) is 6.63. The zero-order valence-corrected chi connectivity index (χ0v) is 12.0. The number of aromatic nitrogens is 3. The molecule has 2 aromatic rings. The van der Waals surface area contributed by atoms with E-state index < -0.39 is 5.97 Å². The molecule has 21 heavy (non-hydrogen) atoms. The van der Waals surface area contributed by atoms with E-state index in [9.17, 15) is 4.79 Å². The number of H-pyrrole nitrogens is 1. The monoisotopic (exact) mass is 299 g/mol. The van der Waals surface area contributed by atoms with Gasteiger partial charge in [0, 0.05) is 16.9 Å². The molecule has 3 rings (SSSR count). The fourth-order valence-electron chi connectivity index (χ4n) is 1.77. The van der Waals surface area contributed by atoms with Crippen LogP contribution in [0.2, 0.25) is 0 Å². The van der Waals surface area contributed by atoms with Gasteiger partial charge in [-0.05, 0) is 43.0 Å².